The minimum absolute atomic E-state index is 0.237. The average molecular weight is 363 g/mol. The molecule has 2 aliphatic rings. The van der Waals surface area contributed by atoms with Crippen LogP contribution in [0.1, 0.15) is 32.6 Å². The highest BCUT2D eigenvalue weighted by molar-refractivity contribution is 5.80. The van der Waals surface area contributed by atoms with E-state index in [4.69, 9.17) is 4.74 Å². The number of pyridine rings is 1. The topological polar surface area (TPSA) is 61.8 Å². The summed E-state index contributed by atoms with van der Waals surface area (Å²) in [4.78, 5) is 10.5. The molecule has 1 aliphatic carbocycles. The van der Waals surface area contributed by atoms with E-state index in [-0.39, 0.29) is 11.9 Å². The normalized spacial score (nSPS) is 21.7. The molecule has 3 rings (SSSR count). The molecule has 26 heavy (non-hydrogen) atoms. The zero-order chi connectivity index (χ0) is 18.4. The van der Waals surface area contributed by atoms with Crippen LogP contribution in [0.2, 0.25) is 0 Å². The minimum atomic E-state index is -0.263. The maximum atomic E-state index is 13.9. The standard InChI is InChI=1S/C19H30FN5O/c1-3-26-12-9-19(7-8-19)14-23-18(21-2)24-15-6-11-25(13-15)17-16(20)5-4-10-22-17/h4-5,10,15H,3,6-9,11-14H2,1-2H3,(H2,21,23,24). The molecule has 2 N–H and O–H groups in total. The fourth-order valence-corrected chi connectivity index (χ4v) is 3.46. The van der Waals surface area contributed by atoms with Gasteiger partial charge in [0.05, 0.1) is 0 Å². The van der Waals surface area contributed by atoms with Crippen molar-refractivity contribution >= 4 is 11.8 Å². The molecule has 1 aromatic heterocycles. The summed E-state index contributed by atoms with van der Waals surface area (Å²) < 4.78 is 19.4. The zero-order valence-electron chi connectivity index (χ0n) is 15.8. The molecular formula is C19H30FN5O. The van der Waals surface area contributed by atoms with Crippen LogP contribution in [0, 0.1) is 11.2 Å². The summed E-state index contributed by atoms with van der Waals surface area (Å²) in [5.74, 6) is 0.995. The highest BCUT2D eigenvalue weighted by atomic mass is 19.1. The lowest BCUT2D eigenvalue weighted by Crippen LogP contribution is -2.46. The van der Waals surface area contributed by atoms with Gasteiger partial charge in [0, 0.05) is 52.1 Å². The summed E-state index contributed by atoms with van der Waals surface area (Å²) in [6.45, 7) is 6.08. The van der Waals surface area contributed by atoms with Gasteiger partial charge in [-0.25, -0.2) is 9.37 Å². The van der Waals surface area contributed by atoms with Crippen LogP contribution in [-0.4, -0.2) is 56.9 Å². The maximum Gasteiger partial charge on any atom is 0.191 e. The van der Waals surface area contributed by atoms with Crippen LogP contribution in [0.3, 0.4) is 0 Å². The van der Waals surface area contributed by atoms with Crippen LogP contribution >= 0.6 is 0 Å². The van der Waals surface area contributed by atoms with Gasteiger partial charge in [-0.3, -0.25) is 4.99 Å². The van der Waals surface area contributed by atoms with Crippen molar-refractivity contribution in [3.63, 3.8) is 0 Å². The average Bonchev–Trinajstić information content (AvgIpc) is 3.27. The first kappa shape index (κ1) is 18.9. The molecule has 1 atom stereocenters. The van der Waals surface area contributed by atoms with E-state index in [1.54, 1.807) is 19.3 Å². The van der Waals surface area contributed by atoms with Gasteiger partial charge in [0.1, 0.15) is 0 Å². The molecule has 0 aromatic carbocycles. The Bertz CT molecular complexity index is 620. The van der Waals surface area contributed by atoms with E-state index < -0.39 is 0 Å². The van der Waals surface area contributed by atoms with Crippen LogP contribution in [-0.2, 0) is 4.74 Å². The molecule has 2 heterocycles. The largest absolute Gasteiger partial charge is 0.382 e. The Labute approximate surface area is 155 Å². The molecular weight excluding hydrogens is 333 g/mol. The first-order chi connectivity index (χ1) is 12.7. The van der Waals surface area contributed by atoms with Crippen molar-refractivity contribution in [3.05, 3.63) is 24.1 Å². The van der Waals surface area contributed by atoms with Gasteiger partial charge in [-0.2, -0.15) is 0 Å². The Balaban J connectivity index is 1.45. The molecule has 1 saturated heterocycles. The van der Waals surface area contributed by atoms with E-state index in [0.717, 1.165) is 51.6 Å². The van der Waals surface area contributed by atoms with Gasteiger partial charge in [-0.05, 0) is 50.2 Å². The monoisotopic (exact) mass is 363 g/mol. The minimum Gasteiger partial charge on any atom is -0.382 e. The second kappa shape index (κ2) is 8.66. The van der Waals surface area contributed by atoms with E-state index >= 15 is 0 Å². The fourth-order valence-electron chi connectivity index (χ4n) is 3.46. The Morgan fingerprint density at radius 2 is 2.35 bits per heavy atom. The second-order valence-electron chi connectivity index (χ2n) is 7.26. The zero-order valence-corrected chi connectivity index (χ0v) is 15.8. The number of hydrogen-bond acceptors (Lipinski definition) is 4. The van der Waals surface area contributed by atoms with E-state index in [1.807, 2.05) is 11.8 Å². The van der Waals surface area contributed by atoms with E-state index in [9.17, 15) is 4.39 Å². The highest BCUT2D eigenvalue weighted by Gasteiger charge is 2.42. The number of rotatable bonds is 8. The fraction of sp³-hybridized carbons (Fsp3) is 0.684. The number of guanidine groups is 1. The molecule has 0 radical (unpaired) electrons. The van der Waals surface area contributed by atoms with Crippen molar-refractivity contribution in [2.24, 2.45) is 10.4 Å². The summed E-state index contributed by atoms with van der Waals surface area (Å²) in [6, 6.07) is 3.32. The van der Waals surface area contributed by atoms with Crippen molar-refractivity contribution in [3.8, 4) is 0 Å². The summed E-state index contributed by atoms with van der Waals surface area (Å²) in [6.07, 6.45) is 6.17. The first-order valence-electron chi connectivity index (χ1n) is 9.56. The molecule has 144 valence electrons. The van der Waals surface area contributed by atoms with Crippen molar-refractivity contribution in [2.75, 3.05) is 44.8 Å². The molecule has 2 fully saturated rings. The third kappa shape index (κ3) is 4.84. The Morgan fingerprint density at radius 3 is 3.04 bits per heavy atom. The van der Waals surface area contributed by atoms with Crippen LogP contribution in [0.4, 0.5) is 10.2 Å². The summed E-state index contributed by atoms with van der Waals surface area (Å²) >= 11 is 0. The lowest BCUT2D eigenvalue weighted by atomic mass is 10.0. The molecule has 6 nitrogen and oxygen atoms in total. The predicted octanol–water partition coefficient (Wildman–Crippen LogP) is 2.17. The van der Waals surface area contributed by atoms with Crippen LogP contribution in [0.5, 0.6) is 0 Å². The van der Waals surface area contributed by atoms with Crippen molar-refractivity contribution in [1.82, 2.24) is 15.6 Å². The van der Waals surface area contributed by atoms with Crippen molar-refractivity contribution < 1.29 is 9.13 Å². The van der Waals surface area contributed by atoms with Gasteiger partial charge in [0.15, 0.2) is 17.6 Å². The van der Waals surface area contributed by atoms with E-state index in [2.05, 4.69) is 20.6 Å². The number of aliphatic imine (C=N–C) groups is 1. The number of anilines is 1. The molecule has 1 saturated carbocycles. The third-order valence-corrected chi connectivity index (χ3v) is 5.36. The van der Waals surface area contributed by atoms with Gasteiger partial charge >= 0.3 is 0 Å². The predicted molar refractivity (Wildman–Crippen MR) is 102 cm³/mol. The molecule has 0 bridgehead atoms. The quantitative estimate of drug-likeness (QED) is 0.421. The van der Waals surface area contributed by atoms with Crippen molar-refractivity contribution in [2.45, 2.75) is 38.6 Å². The third-order valence-electron chi connectivity index (χ3n) is 5.36. The number of nitrogens with zero attached hydrogens (tertiary/aromatic N) is 3. The first-order valence-corrected chi connectivity index (χ1v) is 9.56. The highest BCUT2D eigenvalue weighted by Crippen LogP contribution is 2.48. The van der Waals surface area contributed by atoms with Gasteiger partial charge < -0.3 is 20.3 Å². The number of halogens is 1. The smallest absolute Gasteiger partial charge is 0.191 e. The molecule has 0 spiro atoms. The molecule has 7 heteroatoms. The molecule has 0 amide bonds. The van der Waals surface area contributed by atoms with Crippen LogP contribution < -0.4 is 15.5 Å². The van der Waals surface area contributed by atoms with Crippen LogP contribution in [0.15, 0.2) is 23.3 Å². The van der Waals surface area contributed by atoms with Crippen molar-refractivity contribution in [1.29, 1.82) is 0 Å². The second-order valence-corrected chi connectivity index (χ2v) is 7.26. The number of hydrogen-bond donors (Lipinski definition) is 2. The van der Waals surface area contributed by atoms with Gasteiger partial charge in [0.25, 0.3) is 0 Å². The maximum absolute atomic E-state index is 13.9. The van der Waals surface area contributed by atoms with Gasteiger partial charge in [0.2, 0.25) is 0 Å². The van der Waals surface area contributed by atoms with Gasteiger partial charge in [-0.15, -0.1) is 0 Å². The Morgan fingerprint density at radius 1 is 1.50 bits per heavy atom. The Kier molecular flexibility index (Phi) is 6.29. The van der Waals surface area contributed by atoms with E-state index in [1.165, 1.54) is 18.9 Å². The Hall–Kier alpha value is -1.89. The number of nitrogens with one attached hydrogen (secondary N) is 2. The SMILES string of the molecule is CCOCCC1(CNC(=NC)NC2CCN(c3ncccc3F)C2)CC1. The molecule has 1 unspecified atom stereocenters. The summed E-state index contributed by atoms with van der Waals surface area (Å²) in [7, 11) is 1.79. The number of ether oxygens (including phenoxy) is 1. The number of aromatic nitrogens is 1. The van der Waals surface area contributed by atoms with E-state index in [0.29, 0.717) is 11.2 Å². The van der Waals surface area contributed by atoms with Gasteiger partial charge in [-0.1, -0.05) is 0 Å². The summed E-state index contributed by atoms with van der Waals surface area (Å²) in [5, 5.41) is 6.94. The lowest BCUT2D eigenvalue weighted by Gasteiger charge is -2.22. The molecule has 1 aromatic rings. The van der Waals surface area contributed by atoms with Crippen LogP contribution in [0.25, 0.3) is 0 Å². The molecule has 1 aliphatic heterocycles. The lowest BCUT2D eigenvalue weighted by molar-refractivity contribution is 0.128. The summed E-state index contributed by atoms with van der Waals surface area (Å²) in [5.41, 5.74) is 0.367.